The minimum atomic E-state index is 0.670. The summed E-state index contributed by atoms with van der Waals surface area (Å²) in [6.45, 7) is 5.88. The first-order valence-corrected chi connectivity index (χ1v) is 7.16. The van der Waals surface area contributed by atoms with Gasteiger partial charge in [-0.1, -0.05) is 25.1 Å². The molecule has 19 heavy (non-hydrogen) atoms. The number of para-hydroxylation sites is 1. The highest BCUT2D eigenvalue weighted by Crippen LogP contribution is 2.26. The third-order valence-electron chi connectivity index (χ3n) is 3.86. The molecule has 0 saturated carbocycles. The second kappa shape index (κ2) is 5.76. The van der Waals surface area contributed by atoms with Gasteiger partial charge >= 0.3 is 0 Å². The lowest BCUT2D eigenvalue weighted by Gasteiger charge is -2.09. The number of rotatable bonds is 5. The number of ether oxygens (including phenoxy) is 1. The molecule has 1 fully saturated rings. The van der Waals surface area contributed by atoms with Crippen molar-refractivity contribution in [3.63, 3.8) is 0 Å². The Kier molecular flexibility index (Phi) is 3.85. The summed E-state index contributed by atoms with van der Waals surface area (Å²) < 4.78 is 11.3. The molecule has 1 unspecified atom stereocenters. The van der Waals surface area contributed by atoms with Gasteiger partial charge in [-0.3, -0.25) is 0 Å². The van der Waals surface area contributed by atoms with Gasteiger partial charge in [-0.25, -0.2) is 0 Å². The summed E-state index contributed by atoms with van der Waals surface area (Å²) in [5, 5.41) is 4.80. The normalized spacial score (nSPS) is 19.3. The van der Waals surface area contributed by atoms with Gasteiger partial charge in [-0.15, -0.1) is 0 Å². The van der Waals surface area contributed by atoms with E-state index >= 15 is 0 Å². The largest absolute Gasteiger partial charge is 0.461 e. The molecule has 0 bridgehead atoms. The summed E-state index contributed by atoms with van der Waals surface area (Å²) in [6, 6.07) is 8.29. The molecule has 2 aromatic rings. The molecule has 3 nitrogen and oxygen atoms in total. The fraction of sp³-hybridized carbons (Fsp3) is 0.500. The van der Waals surface area contributed by atoms with Crippen molar-refractivity contribution in [2.75, 3.05) is 19.8 Å². The Morgan fingerprint density at radius 3 is 3.00 bits per heavy atom. The van der Waals surface area contributed by atoms with E-state index in [-0.39, 0.29) is 0 Å². The van der Waals surface area contributed by atoms with Crippen LogP contribution in [0.1, 0.15) is 24.7 Å². The third-order valence-corrected chi connectivity index (χ3v) is 3.86. The first kappa shape index (κ1) is 12.7. The van der Waals surface area contributed by atoms with Crippen LogP contribution in [0, 0.1) is 5.92 Å². The van der Waals surface area contributed by atoms with E-state index in [1.165, 1.54) is 17.4 Å². The smallest absolute Gasteiger partial charge is 0.134 e. The molecule has 1 aliphatic heterocycles. The van der Waals surface area contributed by atoms with Crippen LogP contribution in [0.5, 0.6) is 0 Å². The van der Waals surface area contributed by atoms with Crippen molar-refractivity contribution in [1.82, 2.24) is 5.32 Å². The van der Waals surface area contributed by atoms with Crippen molar-refractivity contribution in [3.8, 4) is 0 Å². The van der Waals surface area contributed by atoms with E-state index in [1.54, 1.807) is 0 Å². The lowest BCUT2D eigenvalue weighted by molar-refractivity contribution is 0.185. The van der Waals surface area contributed by atoms with Crippen LogP contribution in [-0.4, -0.2) is 19.8 Å². The summed E-state index contributed by atoms with van der Waals surface area (Å²) >= 11 is 0. The van der Waals surface area contributed by atoms with Crippen LogP contribution >= 0.6 is 0 Å². The number of hydrogen-bond acceptors (Lipinski definition) is 3. The molecule has 3 heteroatoms. The summed E-state index contributed by atoms with van der Waals surface area (Å²) in [7, 11) is 0. The summed E-state index contributed by atoms with van der Waals surface area (Å²) in [5.41, 5.74) is 2.32. The zero-order valence-corrected chi connectivity index (χ0v) is 11.4. The summed E-state index contributed by atoms with van der Waals surface area (Å²) in [5.74, 6) is 1.78. The lowest BCUT2D eigenvalue weighted by atomic mass is 10.1. The number of furan rings is 1. The summed E-state index contributed by atoms with van der Waals surface area (Å²) in [4.78, 5) is 0. The Labute approximate surface area is 113 Å². The number of hydrogen-bond donors (Lipinski definition) is 1. The molecule has 0 aliphatic carbocycles. The minimum Gasteiger partial charge on any atom is -0.461 e. The van der Waals surface area contributed by atoms with Crippen LogP contribution in [0.4, 0.5) is 0 Å². The molecule has 0 spiro atoms. The van der Waals surface area contributed by atoms with Crippen molar-refractivity contribution in [1.29, 1.82) is 0 Å². The molecule has 102 valence electrons. The molecule has 1 atom stereocenters. The molecule has 0 radical (unpaired) electrons. The van der Waals surface area contributed by atoms with Crippen LogP contribution in [-0.2, 0) is 17.7 Å². The van der Waals surface area contributed by atoms with Crippen LogP contribution < -0.4 is 5.32 Å². The van der Waals surface area contributed by atoms with Gasteiger partial charge in [0, 0.05) is 37.1 Å². The molecule has 1 aromatic carbocycles. The van der Waals surface area contributed by atoms with Crippen molar-refractivity contribution in [3.05, 3.63) is 35.6 Å². The molecular weight excluding hydrogens is 238 g/mol. The van der Waals surface area contributed by atoms with Gasteiger partial charge in [0.1, 0.15) is 11.3 Å². The highest BCUT2D eigenvalue weighted by atomic mass is 16.5. The van der Waals surface area contributed by atoms with E-state index in [1.807, 2.05) is 12.1 Å². The monoisotopic (exact) mass is 259 g/mol. The van der Waals surface area contributed by atoms with Gasteiger partial charge in [0.25, 0.3) is 0 Å². The van der Waals surface area contributed by atoms with Gasteiger partial charge in [-0.2, -0.15) is 0 Å². The average Bonchev–Trinajstić information content (AvgIpc) is 3.06. The second-order valence-corrected chi connectivity index (χ2v) is 5.21. The van der Waals surface area contributed by atoms with E-state index in [9.17, 15) is 0 Å². The maximum absolute atomic E-state index is 5.91. The van der Waals surface area contributed by atoms with Crippen LogP contribution in [0.2, 0.25) is 0 Å². The minimum absolute atomic E-state index is 0.670. The molecule has 0 amide bonds. The van der Waals surface area contributed by atoms with Gasteiger partial charge in [0.05, 0.1) is 6.61 Å². The van der Waals surface area contributed by atoms with Crippen LogP contribution in [0.3, 0.4) is 0 Å². The quantitative estimate of drug-likeness (QED) is 0.896. The van der Waals surface area contributed by atoms with Crippen LogP contribution in [0.25, 0.3) is 11.0 Å². The summed E-state index contributed by atoms with van der Waals surface area (Å²) in [6.07, 6.45) is 2.12. The van der Waals surface area contributed by atoms with E-state index in [0.29, 0.717) is 5.92 Å². The number of nitrogens with one attached hydrogen (secondary N) is 1. The fourth-order valence-corrected chi connectivity index (χ4v) is 2.77. The maximum Gasteiger partial charge on any atom is 0.134 e. The average molecular weight is 259 g/mol. The highest BCUT2D eigenvalue weighted by molar-refractivity contribution is 5.82. The standard InChI is InChI=1S/C16H21NO2/c1-2-15-14(10-17-9-12-7-8-18-11-12)13-5-3-4-6-16(13)19-15/h3-6,12,17H,2,7-11H2,1H3. The maximum atomic E-state index is 5.91. The SMILES string of the molecule is CCc1oc2ccccc2c1CNCC1CCOC1. The Bertz CT molecular complexity index is 541. The number of fused-ring (bicyclic) bond motifs is 1. The molecule has 3 rings (SSSR count). The zero-order valence-electron chi connectivity index (χ0n) is 11.4. The molecule has 1 N–H and O–H groups in total. The number of aryl methyl sites for hydroxylation is 1. The van der Waals surface area contributed by atoms with Crippen molar-refractivity contribution < 1.29 is 9.15 Å². The van der Waals surface area contributed by atoms with E-state index in [0.717, 1.165) is 44.1 Å². The molecule has 1 saturated heterocycles. The Hall–Kier alpha value is -1.32. The third kappa shape index (κ3) is 2.67. The Morgan fingerprint density at radius 1 is 1.32 bits per heavy atom. The van der Waals surface area contributed by atoms with Gasteiger partial charge in [-0.05, 0) is 18.4 Å². The predicted octanol–water partition coefficient (Wildman–Crippen LogP) is 3.12. The zero-order chi connectivity index (χ0) is 13.1. The van der Waals surface area contributed by atoms with Crippen molar-refractivity contribution >= 4 is 11.0 Å². The lowest BCUT2D eigenvalue weighted by Crippen LogP contribution is -2.22. The van der Waals surface area contributed by atoms with Crippen molar-refractivity contribution in [2.45, 2.75) is 26.3 Å². The number of benzene rings is 1. The van der Waals surface area contributed by atoms with E-state index in [4.69, 9.17) is 9.15 Å². The second-order valence-electron chi connectivity index (χ2n) is 5.21. The predicted molar refractivity (Wildman–Crippen MR) is 76.2 cm³/mol. The van der Waals surface area contributed by atoms with Gasteiger partial charge in [0.2, 0.25) is 0 Å². The fourth-order valence-electron chi connectivity index (χ4n) is 2.77. The Morgan fingerprint density at radius 2 is 2.21 bits per heavy atom. The molecular formula is C16H21NO2. The van der Waals surface area contributed by atoms with Crippen LogP contribution in [0.15, 0.2) is 28.7 Å². The Balaban J connectivity index is 1.71. The molecule has 1 aliphatic rings. The van der Waals surface area contributed by atoms with Crippen molar-refractivity contribution in [2.24, 2.45) is 5.92 Å². The van der Waals surface area contributed by atoms with E-state index in [2.05, 4.69) is 24.4 Å². The topological polar surface area (TPSA) is 34.4 Å². The molecule has 2 heterocycles. The highest BCUT2D eigenvalue weighted by Gasteiger charge is 2.16. The first-order chi connectivity index (χ1) is 9.38. The van der Waals surface area contributed by atoms with E-state index < -0.39 is 0 Å². The van der Waals surface area contributed by atoms with Gasteiger partial charge < -0.3 is 14.5 Å². The van der Waals surface area contributed by atoms with Gasteiger partial charge in [0.15, 0.2) is 0 Å². The molecule has 1 aromatic heterocycles. The first-order valence-electron chi connectivity index (χ1n) is 7.16.